The summed E-state index contributed by atoms with van der Waals surface area (Å²) in [6.07, 6.45) is -4.70. The van der Waals surface area contributed by atoms with E-state index in [1.807, 2.05) is 0 Å². The van der Waals surface area contributed by atoms with Crippen molar-refractivity contribution >= 4 is 0 Å². The third-order valence-electron chi connectivity index (χ3n) is 1.83. The van der Waals surface area contributed by atoms with Gasteiger partial charge in [0.25, 0.3) is 5.72 Å². The van der Waals surface area contributed by atoms with Crippen LogP contribution in [-0.2, 0) is 0 Å². The van der Waals surface area contributed by atoms with E-state index in [0.717, 1.165) is 0 Å². The summed E-state index contributed by atoms with van der Waals surface area (Å²) < 4.78 is 36.2. The van der Waals surface area contributed by atoms with E-state index in [4.69, 9.17) is 5.11 Å². The van der Waals surface area contributed by atoms with Gasteiger partial charge in [0.2, 0.25) is 0 Å². The number of hydrogen-bond donors (Lipinski definition) is 1. The minimum atomic E-state index is -4.71. The van der Waals surface area contributed by atoms with E-state index in [2.05, 4.69) is 10.2 Å². The van der Waals surface area contributed by atoms with Crippen LogP contribution in [-0.4, -0.2) is 23.0 Å². The Morgan fingerprint density at radius 2 is 2.17 bits per heavy atom. The van der Waals surface area contributed by atoms with E-state index < -0.39 is 24.4 Å². The molecular formula is C6H9F3N2O. The molecule has 6 heteroatoms. The molecule has 0 saturated carbocycles. The molecule has 0 spiro atoms. The Kier molecular flexibility index (Phi) is 2.11. The van der Waals surface area contributed by atoms with Crippen molar-refractivity contribution in [1.29, 1.82) is 0 Å². The lowest BCUT2D eigenvalue weighted by Crippen LogP contribution is -2.42. The van der Waals surface area contributed by atoms with Crippen LogP contribution in [0.15, 0.2) is 10.2 Å². The van der Waals surface area contributed by atoms with Crippen molar-refractivity contribution in [3.63, 3.8) is 0 Å². The maximum Gasteiger partial charge on any atom is 0.440 e. The monoisotopic (exact) mass is 182 g/mol. The molecule has 1 aliphatic heterocycles. The van der Waals surface area contributed by atoms with Crippen molar-refractivity contribution < 1.29 is 18.3 Å². The number of aliphatic hydroxyl groups is 1. The lowest BCUT2D eigenvalue weighted by molar-refractivity contribution is -0.256. The molecule has 1 rings (SSSR count). The van der Waals surface area contributed by atoms with Crippen LogP contribution in [0.2, 0.25) is 0 Å². The van der Waals surface area contributed by atoms with Crippen LogP contribution in [0.25, 0.3) is 0 Å². The fourth-order valence-corrected chi connectivity index (χ4v) is 0.986. The standard InChI is InChI=1S/C6H9F3N2O/c1-2-4-3-5(12,11-10-4)6(7,8)9/h4,12H,2-3H2,1H3. The summed E-state index contributed by atoms with van der Waals surface area (Å²) >= 11 is 0. The highest BCUT2D eigenvalue weighted by atomic mass is 19.4. The fourth-order valence-electron chi connectivity index (χ4n) is 0.986. The van der Waals surface area contributed by atoms with Gasteiger partial charge in [-0.3, -0.25) is 0 Å². The van der Waals surface area contributed by atoms with E-state index in [1.165, 1.54) is 0 Å². The van der Waals surface area contributed by atoms with Gasteiger partial charge in [-0.15, -0.1) is 5.11 Å². The predicted octanol–water partition coefficient (Wildman–Crippen LogP) is 1.87. The summed E-state index contributed by atoms with van der Waals surface area (Å²) in [6, 6.07) is -0.503. The minimum Gasteiger partial charge on any atom is -0.361 e. The first kappa shape index (κ1) is 9.44. The van der Waals surface area contributed by atoms with Gasteiger partial charge in [0.15, 0.2) is 0 Å². The molecule has 0 aromatic heterocycles. The first-order valence-corrected chi connectivity index (χ1v) is 3.60. The summed E-state index contributed by atoms with van der Waals surface area (Å²) in [5, 5.41) is 15.1. The number of hydrogen-bond acceptors (Lipinski definition) is 3. The Bertz CT molecular complexity index is 203. The number of nitrogens with zero attached hydrogens (tertiary/aromatic N) is 2. The van der Waals surface area contributed by atoms with E-state index >= 15 is 0 Å². The van der Waals surface area contributed by atoms with Gasteiger partial charge < -0.3 is 5.11 Å². The summed E-state index contributed by atoms with van der Waals surface area (Å²) in [5.74, 6) is 0. The smallest absolute Gasteiger partial charge is 0.361 e. The van der Waals surface area contributed by atoms with Crippen molar-refractivity contribution in [2.75, 3.05) is 0 Å². The van der Waals surface area contributed by atoms with E-state index in [9.17, 15) is 13.2 Å². The topological polar surface area (TPSA) is 45.0 Å². The van der Waals surface area contributed by atoms with E-state index in [-0.39, 0.29) is 0 Å². The van der Waals surface area contributed by atoms with Gasteiger partial charge in [-0.25, -0.2) is 0 Å². The molecule has 1 heterocycles. The third kappa shape index (κ3) is 1.43. The van der Waals surface area contributed by atoms with Crippen LogP contribution in [0.1, 0.15) is 19.8 Å². The van der Waals surface area contributed by atoms with Gasteiger partial charge in [-0.1, -0.05) is 6.92 Å². The molecule has 3 nitrogen and oxygen atoms in total. The van der Waals surface area contributed by atoms with Gasteiger partial charge in [0, 0.05) is 6.42 Å². The normalized spacial score (nSPS) is 35.9. The Labute approximate surface area is 67.3 Å². The minimum absolute atomic E-state index is 0.451. The number of alkyl halides is 3. The predicted molar refractivity (Wildman–Crippen MR) is 34.6 cm³/mol. The zero-order valence-electron chi connectivity index (χ0n) is 6.47. The number of azo groups is 1. The summed E-state index contributed by atoms with van der Waals surface area (Å²) in [6.45, 7) is 1.70. The van der Waals surface area contributed by atoms with Crippen molar-refractivity contribution in [2.24, 2.45) is 10.2 Å². The molecule has 0 amide bonds. The van der Waals surface area contributed by atoms with Crippen LogP contribution in [0, 0.1) is 0 Å². The van der Waals surface area contributed by atoms with Crippen LogP contribution >= 0.6 is 0 Å². The van der Waals surface area contributed by atoms with Crippen LogP contribution in [0.5, 0.6) is 0 Å². The highest BCUT2D eigenvalue weighted by molar-refractivity contribution is 4.91. The molecular weight excluding hydrogens is 173 g/mol. The van der Waals surface area contributed by atoms with Gasteiger partial charge in [-0.05, 0) is 6.42 Å². The molecule has 1 N–H and O–H groups in total. The Morgan fingerprint density at radius 3 is 2.42 bits per heavy atom. The second-order valence-electron chi connectivity index (χ2n) is 2.80. The van der Waals surface area contributed by atoms with Crippen molar-refractivity contribution in [3.8, 4) is 0 Å². The van der Waals surface area contributed by atoms with E-state index in [0.29, 0.717) is 6.42 Å². The number of rotatable bonds is 1. The quantitative estimate of drug-likeness (QED) is 0.661. The van der Waals surface area contributed by atoms with Crippen LogP contribution in [0.4, 0.5) is 13.2 Å². The van der Waals surface area contributed by atoms with Gasteiger partial charge in [-0.2, -0.15) is 18.3 Å². The summed E-state index contributed by atoms with van der Waals surface area (Å²) in [5.41, 5.74) is -2.94. The highest BCUT2D eigenvalue weighted by Gasteiger charge is 2.57. The molecule has 0 aromatic rings. The third-order valence-corrected chi connectivity index (χ3v) is 1.83. The maximum absolute atomic E-state index is 12.1. The molecule has 2 atom stereocenters. The lowest BCUT2D eigenvalue weighted by atomic mass is 10.0. The van der Waals surface area contributed by atoms with Crippen molar-refractivity contribution in [1.82, 2.24) is 0 Å². The zero-order chi connectivity index (χ0) is 9.41. The molecule has 12 heavy (non-hydrogen) atoms. The zero-order valence-corrected chi connectivity index (χ0v) is 6.47. The fraction of sp³-hybridized carbons (Fsp3) is 1.00. The highest BCUT2D eigenvalue weighted by Crippen LogP contribution is 2.40. The largest absolute Gasteiger partial charge is 0.440 e. The Balaban J connectivity index is 2.73. The summed E-state index contributed by atoms with van der Waals surface area (Å²) in [7, 11) is 0. The molecule has 0 bridgehead atoms. The van der Waals surface area contributed by atoms with Gasteiger partial charge >= 0.3 is 6.18 Å². The summed E-state index contributed by atoms with van der Waals surface area (Å²) in [4.78, 5) is 0. The second-order valence-corrected chi connectivity index (χ2v) is 2.80. The second kappa shape index (κ2) is 2.69. The molecule has 1 aliphatic rings. The number of halogens is 3. The van der Waals surface area contributed by atoms with E-state index in [1.54, 1.807) is 6.92 Å². The van der Waals surface area contributed by atoms with Gasteiger partial charge in [0.05, 0.1) is 6.04 Å². The van der Waals surface area contributed by atoms with Crippen LogP contribution < -0.4 is 0 Å². The Hall–Kier alpha value is -0.650. The average Bonchev–Trinajstić information content (AvgIpc) is 2.31. The molecule has 0 radical (unpaired) electrons. The molecule has 2 unspecified atom stereocenters. The lowest BCUT2D eigenvalue weighted by Gasteiger charge is -2.21. The Morgan fingerprint density at radius 1 is 1.58 bits per heavy atom. The van der Waals surface area contributed by atoms with Crippen molar-refractivity contribution in [2.45, 2.75) is 37.7 Å². The first-order chi connectivity index (χ1) is 5.39. The molecule has 70 valence electrons. The first-order valence-electron chi connectivity index (χ1n) is 3.60. The van der Waals surface area contributed by atoms with Gasteiger partial charge in [0.1, 0.15) is 0 Å². The average molecular weight is 182 g/mol. The maximum atomic E-state index is 12.1. The molecule has 0 aliphatic carbocycles. The molecule has 0 fully saturated rings. The van der Waals surface area contributed by atoms with Crippen LogP contribution in [0.3, 0.4) is 0 Å². The molecule has 0 saturated heterocycles. The molecule has 0 aromatic carbocycles. The SMILES string of the molecule is CCC1CC(O)(C(F)(F)F)N=N1. The van der Waals surface area contributed by atoms with Crippen molar-refractivity contribution in [3.05, 3.63) is 0 Å².